The highest BCUT2D eigenvalue weighted by Crippen LogP contribution is 2.44. The molecule has 3 aromatic heterocycles. The third-order valence-electron chi connectivity index (χ3n) is 15.4. The summed E-state index contributed by atoms with van der Waals surface area (Å²) in [6.45, 7) is 12.1. The predicted molar refractivity (Wildman–Crippen MR) is 289 cm³/mol. The van der Waals surface area contributed by atoms with E-state index in [4.69, 9.17) is 21.3 Å². The number of ether oxygens (including phenoxy) is 1. The summed E-state index contributed by atoms with van der Waals surface area (Å²) in [5.74, 6) is -0.145. The number of piperidine rings is 3. The lowest BCUT2D eigenvalue weighted by molar-refractivity contribution is -0.136. The maximum Gasteiger partial charge on any atom is 0.262 e. The standard InChI is InChI=1S/C53H60ClN14O6P/c1-63-31-33(28-58-63)37-26-42(60-53-57-29-39(54)49(62-53)59-41-8-7-40-47(56-16-15-55-40)48(41)75(3,4)73)45(74-2)27-44(37)67-19-13-34(14-20-67)66-23-21-64(22-24-66)30-32-11-17-65(18-12-32)35-5-6-36-38(25-35)52(72)68(51(36)71)43-9-10-46(69)61-50(43)70/h5-8,15-16,25-29,31-32,34,43H,9-14,17-24,30H2,1-4H3,(H,61,69,70)(H2,57,59,60,62)/t43-/m1/s1. The molecule has 5 aliphatic heterocycles. The lowest BCUT2D eigenvalue weighted by Gasteiger charge is -2.44. The number of carbonyl (C=O) groups is 4. The quantitative estimate of drug-likeness (QED) is 0.0877. The Labute approximate surface area is 439 Å². The van der Waals surface area contributed by atoms with Crippen LogP contribution in [0.3, 0.4) is 0 Å². The molecule has 0 radical (unpaired) electrons. The van der Waals surface area contributed by atoms with Crippen LogP contribution in [0.2, 0.25) is 5.02 Å². The third-order valence-corrected chi connectivity index (χ3v) is 17.2. The van der Waals surface area contributed by atoms with Crippen LogP contribution in [-0.4, -0.2) is 159 Å². The number of amides is 4. The summed E-state index contributed by atoms with van der Waals surface area (Å²) in [5, 5.41) is 14.3. The van der Waals surface area contributed by atoms with Crippen LogP contribution in [0.25, 0.3) is 22.2 Å². The van der Waals surface area contributed by atoms with Crippen LogP contribution in [0.1, 0.15) is 59.2 Å². The smallest absolute Gasteiger partial charge is 0.262 e. The topological polar surface area (TPSA) is 216 Å². The first-order chi connectivity index (χ1) is 36.2. The van der Waals surface area contributed by atoms with Gasteiger partial charge in [0.25, 0.3) is 11.8 Å². The van der Waals surface area contributed by atoms with Crippen molar-refractivity contribution in [2.45, 2.75) is 50.6 Å². The van der Waals surface area contributed by atoms with Gasteiger partial charge in [0, 0.05) is 126 Å². The summed E-state index contributed by atoms with van der Waals surface area (Å²) >= 11 is 6.68. The van der Waals surface area contributed by atoms with Gasteiger partial charge in [-0.2, -0.15) is 10.1 Å². The summed E-state index contributed by atoms with van der Waals surface area (Å²) in [7, 11) is 0.727. The Morgan fingerprint density at radius 2 is 1.53 bits per heavy atom. The second-order valence-corrected chi connectivity index (χ2v) is 24.1. The summed E-state index contributed by atoms with van der Waals surface area (Å²) in [6, 6.07) is 12.7. The van der Waals surface area contributed by atoms with Crippen molar-refractivity contribution in [3.05, 3.63) is 89.6 Å². The fraction of sp³-hybridized carbons (Fsp3) is 0.415. The molecule has 3 aromatic carbocycles. The Kier molecular flexibility index (Phi) is 13.8. The van der Waals surface area contributed by atoms with Gasteiger partial charge in [-0.3, -0.25) is 48.9 Å². The molecule has 5 aliphatic rings. The molecule has 0 spiro atoms. The molecule has 0 saturated carbocycles. The van der Waals surface area contributed by atoms with Gasteiger partial charge in [0.2, 0.25) is 17.8 Å². The Balaban J connectivity index is 0.700. The first-order valence-electron chi connectivity index (χ1n) is 25.6. The van der Waals surface area contributed by atoms with E-state index in [1.165, 1.54) is 6.20 Å². The third kappa shape index (κ3) is 10.2. The van der Waals surface area contributed by atoms with E-state index in [-0.39, 0.29) is 29.7 Å². The molecular formula is C53H60ClN14O6P. The van der Waals surface area contributed by atoms with E-state index in [9.17, 15) is 23.7 Å². The first kappa shape index (κ1) is 50.2. The van der Waals surface area contributed by atoms with E-state index in [0.717, 1.165) is 112 Å². The maximum absolute atomic E-state index is 13.6. The summed E-state index contributed by atoms with van der Waals surface area (Å²) < 4.78 is 21.5. The zero-order valence-electron chi connectivity index (χ0n) is 42.5. The monoisotopic (exact) mass is 1050 g/mol. The number of benzene rings is 3. The van der Waals surface area contributed by atoms with Crippen LogP contribution in [0.15, 0.2) is 73.4 Å². The van der Waals surface area contributed by atoms with Crippen molar-refractivity contribution in [1.29, 1.82) is 0 Å². The molecule has 20 nitrogen and oxygen atoms in total. The number of halogens is 1. The van der Waals surface area contributed by atoms with Gasteiger partial charge in [0.1, 0.15) is 29.5 Å². The molecule has 4 amide bonds. The van der Waals surface area contributed by atoms with E-state index in [2.05, 4.69) is 67.7 Å². The van der Waals surface area contributed by atoms with Crippen LogP contribution in [-0.2, 0) is 21.2 Å². The Morgan fingerprint density at radius 1 is 0.787 bits per heavy atom. The van der Waals surface area contributed by atoms with Crippen LogP contribution < -0.4 is 35.8 Å². The lowest BCUT2D eigenvalue weighted by atomic mass is 9.95. The van der Waals surface area contributed by atoms with E-state index in [1.807, 2.05) is 37.6 Å². The number of fused-ring (bicyclic) bond motifs is 2. The van der Waals surface area contributed by atoms with Crippen molar-refractivity contribution in [3.8, 4) is 16.9 Å². The van der Waals surface area contributed by atoms with Gasteiger partial charge in [-0.15, -0.1) is 0 Å². The molecule has 0 unspecified atom stereocenters. The number of hydrogen-bond donors (Lipinski definition) is 3. The van der Waals surface area contributed by atoms with E-state index in [0.29, 0.717) is 62.4 Å². The number of nitrogens with zero attached hydrogens (tertiary/aromatic N) is 11. The zero-order valence-corrected chi connectivity index (χ0v) is 44.1. The molecule has 75 heavy (non-hydrogen) atoms. The van der Waals surface area contributed by atoms with Gasteiger partial charge in [-0.05, 0) is 87.7 Å². The summed E-state index contributed by atoms with van der Waals surface area (Å²) in [4.78, 5) is 80.2. The molecule has 11 rings (SSSR count). The second kappa shape index (κ2) is 20.6. The minimum Gasteiger partial charge on any atom is -0.494 e. The number of anilines is 6. The average Bonchev–Trinajstić information content (AvgIpc) is 3.96. The number of imide groups is 2. The predicted octanol–water partition coefficient (Wildman–Crippen LogP) is 6.12. The Morgan fingerprint density at radius 3 is 2.25 bits per heavy atom. The van der Waals surface area contributed by atoms with Crippen LogP contribution >= 0.6 is 18.7 Å². The number of piperazine rings is 1. The van der Waals surface area contributed by atoms with Crippen molar-refractivity contribution >= 4 is 93.2 Å². The molecule has 1 atom stereocenters. The van der Waals surface area contributed by atoms with Crippen molar-refractivity contribution in [3.63, 3.8) is 0 Å². The highest BCUT2D eigenvalue weighted by Gasteiger charge is 2.45. The highest BCUT2D eigenvalue weighted by atomic mass is 35.5. The van der Waals surface area contributed by atoms with E-state index >= 15 is 0 Å². The van der Waals surface area contributed by atoms with Crippen molar-refractivity contribution in [1.82, 2.24) is 49.7 Å². The minimum atomic E-state index is -2.84. The normalized spacial score (nSPS) is 19.5. The Bertz CT molecular complexity index is 3270. The molecule has 6 aromatic rings. The Hall–Kier alpha value is -6.99. The van der Waals surface area contributed by atoms with Crippen LogP contribution in [0.5, 0.6) is 5.75 Å². The number of methoxy groups -OCH3 is 1. The molecule has 4 saturated heterocycles. The number of rotatable bonds is 13. The van der Waals surface area contributed by atoms with Crippen LogP contribution in [0.4, 0.5) is 34.5 Å². The molecule has 0 aliphatic carbocycles. The highest BCUT2D eigenvalue weighted by molar-refractivity contribution is 7.71. The van der Waals surface area contributed by atoms with Gasteiger partial charge in [0.15, 0.2) is 5.82 Å². The summed E-state index contributed by atoms with van der Waals surface area (Å²) in [6.07, 6.45) is 13.0. The van der Waals surface area contributed by atoms with Gasteiger partial charge < -0.3 is 34.6 Å². The minimum absolute atomic E-state index is 0.0913. The molecule has 390 valence electrons. The molecule has 3 N–H and O–H groups in total. The van der Waals surface area contributed by atoms with Crippen molar-refractivity contribution < 1.29 is 28.5 Å². The number of hydrogen-bond acceptors (Lipinski definition) is 17. The SMILES string of the molecule is COc1cc(N2CCC(N3CCN(CC4CCN(c5ccc6c(c5)C(=O)N([C@@H]5CCC(=O)NC5=O)C6=O)CC4)CC3)CC2)c(-c2cnn(C)c2)cc1Nc1ncc(Cl)c(Nc2ccc3nccnc3c2P(C)(C)=O)n1. The molecule has 4 fully saturated rings. The summed E-state index contributed by atoms with van der Waals surface area (Å²) in [5.41, 5.74) is 6.98. The number of carbonyl (C=O) groups excluding carboxylic acids is 4. The average molecular weight is 1060 g/mol. The van der Waals surface area contributed by atoms with Crippen molar-refractivity contribution in [2.24, 2.45) is 13.0 Å². The maximum atomic E-state index is 13.6. The largest absolute Gasteiger partial charge is 0.494 e. The molecule has 22 heteroatoms. The van der Waals surface area contributed by atoms with Gasteiger partial charge in [0.05, 0.1) is 52.8 Å². The number of aromatic nitrogens is 6. The van der Waals surface area contributed by atoms with Crippen LogP contribution in [0, 0.1) is 5.92 Å². The second-order valence-electron chi connectivity index (χ2n) is 20.5. The van der Waals surface area contributed by atoms with E-state index in [1.54, 1.807) is 49.6 Å². The molecule has 0 bridgehead atoms. The fourth-order valence-electron chi connectivity index (χ4n) is 11.5. The zero-order chi connectivity index (χ0) is 52.1. The van der Waals surface area contributed by atoms with Gasteiger partial charge in [-0.1, -0.05) is 11.6 Å². The van der Waals surface area contributed by atoms with Gasteiger partial charge in [-0.25, -0.2) is 4.98 Å². The van der Waals surface area contributed by atoms with Gasteiger partial charge >= 0.3 is 0 Å². The van der Waals surface area contributed by atoms with Crippen molar-refractivity contribution in [2.75, 3.05) is 99.8 Å². The fourth-order valence-corrected chi connectivity index (χ4v) is 13.0. The molecular weight excluding hydrogens is 995 g/mol. The lowest BCUT2D eigenvalue weighted by Crippen LogP contribution is -2.54. The number of nitrogens with one attached hydrogen (secondary N) is 3. The number of aryl methyl sites for hydroxylation is 1. The van der Waals surface area contributed by atoms with E-state index < -0.39 is 30.9 Å². The molecule has 8 heterocycles. The first-order valence-corrected chi connectivity index (χ1v) is 28.6.